The molecule has 3 heteroatoms. The van der Waals surface area contributed by atoms with Gasteiger partial charge in [0, 0.05) is 12.1 Å². The molecule has 1 fully saturated rings. The van der Waals surface area contributed by atoms with E-state index in [9.17, 15) is 9.59 Å². The fourth-order valence-corrected chi connectivity index (χ4v) is 3.09. The quantitative estimate of drug-likeness (QED) is 0.664. The molecule has 0 saturated carbocycles. The molecule has 3 nitrogen and oxygen atoms in total. The van der Waals surface area contributed by atoms with Crippen LogP contribution in [0.4, 0.5) is 0 Å². The Morgan fingerprint density at radius 1 is 1.15 bits per heavy atom. The zero-order valence-corrected chi connectivity index (χ0v) is 12.5. The molecule has 0 spiro atoms. The highest BCUT2D eigenvalue weighted by Gasteiger charge is 2.54. The lowest BCUT2D eigenvalue weighted by atomic mass is 9.60. The molecule has 1 aliphatic heterocycles. The Balaban J connectivity index is 2.52. The molecule has 2 rings (SSSR count). The largest absolute Gasteiger partial charge is 0.355 e. The number of carbonyl (C=O) groups is 2. The first-order valence-corrected chi connectivity index (χ1v) is 7.28. The summed E-state index contributed by atoms with van der Waals surface area (Å²) >= 11 is 0. The number of hydrogen-bond acceptors (Lipinski definition) is 2. The van der Waals surface area contributed by atoms with Crippen molar-refractivity contribution in [1.82, 2.24) is 5.32 Å². The molecule has 20 heavy (non-hydrogen) atoms. The second kappa shape index (κ2) is 5.39. The van der Waals surface area contributed by atoms with Crippen molar-refractivity contribution < 1.29 is 9.59 Å². The predicted octanol–water partition coefficient (Wildman–Crippen LogP) is 3.20. The number of hydrogen-bond donors (Lipinski definition) is 1. The molecular formula is C17H23NO2. The third-order valence-electron chi connectivity index (χ3n) is 4.36. The lowest BCUT2D eigenvalue weighted by molar-refractivity contribution is -0.133. The molecule has 1 amide bonds. The minimum absolute atomic E-state index is 0.0509. The van der Waals surface area contributed by atoms with Gasteiger partial charge >= 0.3 is 0 Å². The lowest BCUT2D eigenvalue weighted by Crippen LogP contribution is -2.53. The second-order valence-electron chi connectivity index (χ2n) is 6.56. The van der Waals surface area contributed by atoms with Crippen LogP contribution in [0.15, 0.2) is 30.3 Å². The van der Waals surface area contributed by atoms with Crippen LogP contribution in [0.3, 0.4) is 0 Å². The van der Waals surface area contributed by atoms with Crippen LogP contribution in [-0.4, -0.2) is 18.2 Å². The fraction of sp³-hybridized carbons (Fsp3) is 0.529. The van der Waals surface area contributed by atoms with Crippen LogP contribution in [0.2, 0.25) is 0 Å². The SMILES string of the molecule is CC(C)(C)C1(C(=O)c2ccccc2)CCCCNC1=O. The van der Waals surface area contributed by atoms with Gasteiger partial charge in [-0.3, -0.25) is 9.59 Å². The maximum atomic E-state index is 13.1. The number of benzene rings is 1. The lowest BCUT2D eigenvalue weighted by Gasteiger charge is -2.41. The highest BCUT2D eigenvalue weighted by Crippen LogP contribution is 2.46. The standard InChI is InChI=1S/C17H23NO2/c1-16(2,3)17(11-7-8-12-18-15(17)20)14(19)13-9-5-4-6-10-13/h4-6,9-10H,7-8,11-12H2,1-3H3,(H,18,20). The molecule has 1 unspecified atom stereocenters. The van der Waals surface area contributed by atoms with E-state index < -0.39 is 10.8 Å². The molecule has 1 saturated heterocycles. The minimum atomic E-state index is -0.967. The Kier molecular flexibility index (Phi) is 3.98. The van der Waals surface area contributed by atoms with Gasteiger partial charge in [-0.25, -0.2) is 0 Å². The smallest absolute Gasteiger partial charge is 0.234 e. The summed E-state index contributed by atoms with van der Waals surface area (Å²) in [6.45, 7) is 6.62. The van der Waals surface area contributed by atoms with E-state index in [0.29, 0.717) is 18.5 Å². The molecule has 0 radical (unpaired) electrons. The van der Waals surface area contributed by atoms with Crippen LogP contribution in [0.25, 0.3) is 0 Å². The van der Waals surface area contributed by atoms with Gasteiger partial charge in [0.2, 0.25) is 5.91 Å². The third kappa shape index (κ3) is 2.37. The van der Waals surface area contributed by atoms with Crippen LogP contribution in [0.1, 0.15) is 50.4 Å². The Labute approximate surface area is 120 Å². The van der Waals surface area contributed by atoms with Crippen LogP contribution in [-0.2, 0) is 4.79 Å². The van der Waals surface area contributed by atoms with Crippen molar-refractivity contribution in [3.05, 3.63) is 35.9 Å². The molecule has 1 atom stereocenters. The third-order valence-corrected chi connectivity index (χ3v) is 4.36. The number of amides is 1. The summed E-state index contributed by atoms with van der Waals surface area (Å²) in [6.07, 6.45) is 2.45. The Hall–Kier alpha value is -1.64. The van der Waals surface area contributed by atoms with Gasteiger partial charge in [-0.05, 0) is 18.3 Å². The molecule has 1 heterocycles. The Bertz CT molecular complexity index is 501. The van der Waals surface area contributed by atoms with E-state index in [-0.39, 0.29) is 11.7 Å². The van der Waals surface area contributed by atoms with E-state index in [0.717, 1.165) is 12.8 Å². The Morgan fingerprint density at radius 2 is 1.80 bits per heavy atom. The van der Waals surface area contributed by atoms with Crippen LogP contribution < -0.4 is 5.32 Å². The molecule has 108 valence electrons. The summed E-state index contributed by atoms with van der Waals surface area (Å²) in [5, 5.41) is 2.93. The van der Waals surface area contributed by atoms with Crippen LogP contribution in [0, 0.1) is 10.8 Å². The van der Waals surface area contributed by atoms with E-state index in [1.165, 1.54) is 0 Å². The first-order chi connectivity index (χ1) is 9.39. The maximum Gasteiger partial charge on any atom is 0.234 e. The van der Waals surface area contributed by atoms with Gasteiger partial charge in [0.15, 0.2) is 5.78 Å². The topological polar surface area (TPSA) is 46.2 Å². The zero-order valence-electron chi connectivity index (χ0n) is 12.5. The number of ketones is 1. The number of carbonyl (C=O) groups excluding carboxylic acids is 2. The predicted molar refractivity (Wildman–Crippen MR) is 79.5 cm³/mol. The summed E-state index contributed by atoms with van der Waals surface area (Å²) in [4.78, 5) is 25.7. The molecule has 0 aromatic heterocycles. The molecule has 1 aliphatic rings. The van der Waals surface area contributed by atoms with Crippen LogP contribution in [0.5, 0.6) is 0 Å². The summed E-state index contributed by atoms with van der Waals surface area (Å²) in [5.74, 6) is -0.165. The molecule has 0 aliphatic carbocycles. The van der Waals surface area contributed by atoms with E-state index in [1.807, 2.05) is 39.0 Å². The summed E-state index contributed by atoms with van der Waals surface area (Å²) in [5.41, 5.74) is -0.751. The molecule has 0 bridgehead atoms. The van der Waals surface area contributed by atoms with E-state index in [4.69, 9.17) is 0 Å². The highest BCUT2D eigenvalue weighted by atomic mass is 16.2. The van der Waals surface area contributed by atoms with Gasteiger partial charge in [-0.2, -0.15) is 0 Å². The van der Waals surface area contributed by atoms with Crippen molar-refractivity contribution in [2.24, 2.45) is 10.8 Å². The normalized spacial score (nSPS) is 23.9. The second-order valence-corrected chi connectivity index (χ2v) is 6.56. The first kappa shape index (κ1) is 14.8. The van der Waals surface area contributed by atoms with E-state index in [1.54, 1.807) is 12.1 Å². The van der Waals surface area contributed by atoms with Crippen molar-refractivity contribution in [3.63, 3.8) is 0 Å². The van der Waals surface area contributed by atoms with Gasteiger partial charge in [0.1, 0.15) is 5.41 Å². The summed E-state index contributed by atoms with van der Waals surface area (Å²) in [6, 6.07) is 9.17. The van der Waals surface area contributed by atoms with Gasteiger partial charge in [-0.1, -0.05) is 57.5 Å². The number of rotatable bonds is 2. The molecule has 1 N–H and O–H groups in total. The van der Waals surface area contributed by atoms with Gasteiger partial charge in [0.25, 0.3) is 0 Å². The first-order valence-electron chi connectivity index (χ1n) is 7.28. The van der Waals surface area contributed by atoms with Crippen molar-refractivity contribution in [1.29, 1.82) is 0 Å². The zero-order chi connectivity index (χ0) is 14.8. The van der Waals surface area contributed by atoms with E-state index >= 15 is 0 Å². The Morgan fingerprint density at radius 3 is 2.40 bits per heavy atom. The number of Topliss-reactive ketones (excluding diaryl/α,β-unsaturated/α-hetero) is 1. The average Bonchev–Trinajstić information content (AvgIpc) is 2.61. The monoisotopic (exact) mass is 273 g/mol. The van der Waals surface area contributed by atoms with Crippen molar-refractivity contribution in [3.8, 4) is 0 Å². The minimum Gasteiger partial charge on any atom is -0.355 e. The van der Waals surface area contributed by atoms with Gasteiger partial charge in [-0.15, -0.1) is 0 Å². The highest BCUT2D eigenvalue weighted by molar-refractivity contribution is 6.14. The maximum absolute atomic E-state index is 13.1. The van der Waals surface area contributed by atoms with E-state index in [2.05, 4.69) is 5.32 Å². The summed E-state index contributed by atoms with van der Waals surface area (Å²) < 4.78 is 0. The van der Waals surface area contributed by atoms with Gasteiger partial charge < -0.3 is 5.32 Å². The molecular weight excluding hydrogens is 250 g/mol. The van der Waals surface area contributed by atoms with Crippen molar-refractivity contribution >= 4 is 11.7 Å². The summed E-state index contributed by atoms with van der Waals surface area (Å²) in [7, 11) is 0. The van der Waals surface area contributed by atoms with Gasteiger partial charge in [0.05, 0.1) is 0 Å². The van der Waals surface area contributed by atoms with Crippen molar-refractivity contribution in [2.75, 3.05) is 6.54 Å². The fourth-order valence-electron chi connectivity index (χ4n) is 3.09. The molecule has 1 aromatic rings. The molecule has 1 aromatic carbocycles. The number of nitrogens with one attached hydrogen (secondary N) is 1. The average molecular weight is 273 g/mol. The van der Waals surface area contributed by atoms with Crippen LogP contribution >= 0.6 is 0 Å². The van der Waals surface area contributed by atoms with Crippen molar-refractivity contribution in [2.45, 2.75) is 40.0 Å².